The number of rotatable bonds is 10. The predicted octanol–water partition coefficient (Wildman–Crippen LogP) is 7.01. The van der Waals surface area contributed by atoms with Crippen LogP contribution in [0.25, 0.3) is 16.9 Å². The van der Waals surface area contributed by atoms with Gasteiger partial charge in [-0.1, -0.05) is 48.5 Å². The number of carbonyl (C=O) groups excluding carboxylic acids is 2. The molecule has 1 heterocycles. The summed E-state index contributed by atoms with van der Waals surface area (Å²) in [5.41, 5.74) is 8.61. The van der Waals surface area contributed by atoms with Gasteiger partial charge in [0.2, 0.25) is 0 Å². The number of halogens is 1. The number of anilines is 1. The normalized spacial score (nSPS) is 10.9. The van der Waals surface area contributed by atoms with E-state index >= 15 is 0 Å². The molecule has 5 rings (SSSR count). The third-order valence-electron chi connectivity index (χ3n) is 6.60. The highest BCUT2D eigenvalue weighted by Crippen LogP contribution is 2.33. The average Bonchev–Trinajstić information content (AvgIpc) is 3.42. The molecule has 216 valence electrons. The number of nitrogens with zero attached hydrogens (tertiary/aromatic N) is 2. The van der Waals surface area contributed by atoms with Crippen molar-refractivity contribution < 1.29 is 19.1 Å². The van der Waals surface area contributed by atoms with E-state index in [2.05, 4.69) is 67.5 Å². The first-order chi connectivity index (χ1) is 20.9. The number of aromatic nitrogens is 1. The van der Waals surface area contributed by atoms with E-state index in [1.54, 1.807) is 36.4 Å². The van der Waals surface area contributed by atoms with E-state index in [4.69, 9.17) is 9.47 Å². The van der Waals surface area contributed by atoms with Crippen molar-refractivity contribution >= 4 is 39.6 Å². The number of methoxy groups -OCH3 is 1. The summed E-state index contributed by atoms with van der Waals surface area (Å²) >= 11 is 3.50. The van der Waals surface area contributed by atoms with Crippen molar-refractivity contribution in [3.63, 3.8) is 0 Å². The van der Waals surface area contributed by atoms with Gasteiger partial charge in [-0.25, -0.2) is 5.43 Å². The predicted molar refractivity (Wildman–Crippen MR) is 172 cm³/mol. The fourth-order valence-electron chi connectivity index (χ4n) is 4.49. The van der Waals surface area contributed by atoms with E-state index < -0.39 is 0 Å². The first-order valence-corrected chi connectivity index (χ1v) is 14.2. The van der Waals surface area contributed by atoms with E-state index in [9.17, 15) is 9.59 Å². The summed E-state index contributed by atoms with van der Waals surface area (Å²) in [5, 5.41) is 6.90. The maximum atomic E-state index is 12.8. The Morgan fingerprint density at radius 2 is 1.58 bits per heavy atom. The van der Waals surface area contributed by atoms with Crippen LogP contribution in [-0.4, -0.2) is 36.3 Å². The Balaban J connectivity index is 1.22. The SMILES string of the molecule is COc1cc(/C=N/NC(=O)c2ccc(-n3c(C)ccc3-c3ccccc3)cc2)c(Br)cc1OCC(=O)Nc1ccccc1. The van der Waals surface area contributed by atoms with Gasteiger partial charge in [0, 0.05) is 32.7 Å². The minimum atomic E-state index is -0.345. The number of nitrogens with one attached hydrogen (secondary N) is 2. The van der Waals surface area contributed by atoms with E-state index in [0.29, 0.717) is 32.8 Å². The maximum Gasteiger partial charge on any atom is 0.271 e. The van der Waals surface area contributed by atoms with Crippen molar-refractivity contribution in [2.75, 3.05) is 19.0 Å². The van der Waals surface area contributed by atoms with Gasteiger partial charge in [-0.3, -0.25) is 9.59 Å². The van der Waals surface area contributed by atoms with Crippen LogP contribution in [0, 0.1) is 6.92 Å². The van der Waals surface area contributed by atoms with Gasteiger partial charge in [0.15, 0.2) is 18.1 Å². The molecule has 8 nitrogen and oxygen atoms in total. The van der Waals surface area contributed by atoms with Crippen LogP contribution >= 0.6 is 15.9 Å². The van der Waals surface area contributed by atoms with Crippen LogP contribution in [0.4, 0.5) is 5.69 Å². The highest BCUT2D eigenvalue weighted by atomic mass is 79.9. The molecule has 0 saturated heterocycles. The molecule has 2 amide bonds. The second-order valence-electron chi connectivity index (χ2n) is 9.53. The van der Waals surface area contributed by atoms with Crippen molar-refractivity contribution in [1.29, 1.82) is 0 Å². The van der Waals surface area contributed by atoms with Gasteiger partial charge in [0.1, 0.15) is 0 Å². The zero-order valence-corrected chi connectivity index (χ0v) is 25.2. The molecule has 0 spiro atoms. The molecular weight excluding hydrogens is 608 g/mol. The lowest BCUT2D eigenvalue weighted by molar-refractivity contribution is -0.118. The average molecular weight is 638 g/mol. The number of aryl methyl sites for hydroxylation is 1. The molecule has 4 aromatic carbocycles. The highest BCUT2D eigenvalue weighted by Gasteiger charge is 2.13. The molecule has 0 aliphatic rings. The fourth-order valence-corrected chi connectivity index (χ4v) is 4.91. The van der Waals surface area contributed by atoms with Gasteiger partial charge in [-0.15, -0.1) is 0 Å². The molecule has 43 heavy (non-hydrogen) atoms. The number of para-hydroxylation sites is 1. The highest BCUT2D eigenvalue weighted by molar-refractivity contribution is 9.10. The van der Waals surface area contributed by atoms with Crippen LogP contribution in [0.2, 0.25) is 0 Å². The molecule has 0 bridgehead atoms. The van der Waals surface area contributed by atoms with E-state index in [0.717, 1.165) is 22.6 Å². The summed E-state index contributed by atoms with van der Waals surface area (Å²) in [6.07, 6.45) is 1.50. The Morgan fingerprint density at radius 3 is 2.28 bits per heavy atom. The topological polar surface area (TPSA) is 93.9 Å². The van der Waals surface area contributed by atoms with Crippen LogP contribution < -0.4 is 20.2 Å². The van der Waals surface area contributed by atoms with Crippen LogP contribution in [0.5, 0.6) is 11.5 Å². The number of ether oxygens (including phenoxy) is 2. The third kappa shape index (κ3) is 7.20. The van der Waals surface area contributed by atoms with Gasteiger partial charge in [0.25, 0.3) is 11.8 Å². The summed E-state index contributed by atoms with van der Waals surface area (Å²) in [6.45, 7) is 1.85. The Hall–Kier alpha value is -5.15. The Labute approximate surface area is 258 Å². The molecule has 9 heteroatoms. The fraction of sp³-hybridized carbons (Fsp3) is 0.0882. The van der Waals surface area contributed by atoms with Crippen LogP contribution in [0.15, 0.2) is 119 Å². The second kappa shape index (κ2) is 13.7. The minimum absolute atomic E-state index is 0.197. The lowest BCUT2D eigenvalue weighted by Crippen LogP contribution is -2.20. The largest absolute Gasteiger partial charge is 0.493 e. The molecule has 0 atom stereocenters. The van der Waals surface area contributed by atoms with Gasteiger partial charge in [0.05, 0.1) is 19.0 Å². The van der Waals surface area contributed by atoms with Gasteiger partial charge in [-0.2, -0.15) is 5.10 Å². The number of carbonyl (C=O) groups is 2. The standard InChI is InChI=1S/C34H29BrN4O4/c1-23-13-18-30(24-9-5-3-6-10-24)39(23)28-16-14-25(15-17-28)34(41)38-36-21-26-19-31(42-2)32(20-29(26)35)43-22-33(40)37-27-11-7-4-8-12-27/h3-21H,22H2,1-2H3,(H,37,40)(H,38,41)/b36-21+. The molecular formula is C34H29BrN4O4. The molecule has 1 aromatic heterocycles. The number of hydrazone groups is 1. The van der Waals surface area contributed by atoms with Crippen molar-refractivity contribution in [1.82, 2.24) is 9.99 Å². The third-order valence-corrected chi connectivity index (χ3v) is 7.29. The summed E-state index contributed by atoms with van der Waals surface area (Å²) < 4.78 is 13.9. The first kappa shape index (κ1) is 29.3. The quantitative estimate of drug-likeness (QED) is 0.127. The summed E-state index contributed by atoms with van der Waals surface area (Å²) in [5.74, 6) is 0.148. The first-order valence-electron chi connectivity index (χ1n) is 13.5. The van der Waals surface area contributed by atoms with Crippen molar-refractivity contribution in [3.05, 3.63) is 130 Å². The maximum absolute atomic E-state index is 12.8. The monoisotopic (exact) mass is 636 g/mol. The van der Waals surface area contributed by atoms with Crippen molar-refractivity contribution in [3.8, 4) is 28.4 Å². The summed E-state index contributed by atoms with van der Waals surface area (Å²) in [6, 6.07) is 34.2. The lowest BCUT2D eigenvalue weighted by Gasteiger charge is -2.13. The zero-order valence-electron chi connectivity index (χ0n) is 23.6. The van der Waals surface area contributed by atoms with Crippen molar-refractivity contribution in [2.45, 2.75) is 6.92 Å². The number of hydrogen-bond donors (Lipinski definition) is 2. The van der Waals surface area contributed by atoms with E-state index in [-0.39, 0.29) is 18.4 Å². The van der Waals surface area contributed by atoms with E-state index in [1.807, 2.05) is 48.5 Å². The molecule has 0 aliphatic carbocycles. The van der Waals surface area contributed by atoms with Gasteiger partial charge < -0.3 is 19.4 Å². The van der Waals surface area contributed by atoms with Gasteiger partial charge in [-0.05, 0) is 89.1 Å². The van der Waals surface area contributed by atoms with E-state index in [1.165, 1.54) is 13.3 Å². The molecule has 2 N–H and O–H groups in total. The number of amides is 2. The Kier molecular flexibility index (Phi) is 9.33. The summed E-state index contributed by atoms with van der Waals surface area (Å²) in [7, 11) is 1.50. The van der Waals surface area contributed by atoms with Crippen LogP contribution in [0.3, 0.4) is 0 Å². The van der Waals surface area contributed by atoms with Crippen LogP contribution in [-0.2, 0) is 4.79 Å². The number of benzene rings is 4. The minimum Gasteiger partial charge on any atom is -0.493 e. The molecule has 0 unspecified atom stereocenters. The number of hydrogen-bond acceptors (Lipinski definition) is 5. The van der Waals surface area contributed by atoms with Crippen LogP contribution in [0.1, 0.15) is 21.6 Å². The smallest absolute Gasteiger partial charge is 0.271 e. The van der Waals surface area contributed by atoms with Gasteiger partial charge >= 0.3 is 0 Å². The molecule has 0 fully saturated rings. The molecule has 0 aliphatic heterocycles. The Bertz CT molecular complexity index is 1750. The molecule has 0 saturated carbocycles. The molecule has 0 radical (unpaired) electrons. The Morgan fingerprint density at radius 1 is 0.884 bits per heavy atom. The molecule has 5 aromatic rings. The van der Waals surface area contributed by atoms with Crippen molar-refractivity contribution in [2.24, 2.45) is 5.10 Å². The summed E-state index contributed by atoms with van der Waals surface area (Å²) in [4.78, 5) is 25.1. The lowest BCUT2D eigenvalue weighted by atomic mass is 10.1. The second-order valence-corrected chi connectivity index (χ2v) is 10.4. The zero-order chi connectivity index (χ0) is 30.2.